The predicted molar refractivity (Wildman–Crippen MR) is 88.9 cm³/mol. The molecule has 0 aromatic carbocycles. The predicted octanol–water partition coefficient (Wildman–Crippen LogP) is -2.25. The van der Waals surface area contributed by atoms with Crippen LogP contribution in [-0.4, -0.2) is 108 Å². The first kappa shape index (κ1) is 23.7. The number of piperazine rings is 1. The Bertz CT molecular complexity index is 505. The third-order valence-electron chi connectivity index (χ3n) is 3.53. The molecule has 25 heavy (non-hydrogen) atoms. The third-order valence-corrected chi connectivity index (χ3v) is 4.23. The topological polar surface area (TPSA) is 182 Å². The second kappa shape index (κ2) is 12.1. The highest BCUT2D eigenvalue weighted by Gasteiger charge is 2.17. The number of aliphatic hydroxyl groups excluding tert-OH is 1. The molecule has 1 aliphatic heterocycles. The molecule has 148 valence electrons. The zero-order chi connectivity index (χ0) is 19.5. The van der Waals surface area contributed by atoms with Gasteiger partial charge in [0, 0.05) is 45.7 Å². The van der Waals surface area contributed by atoms with Crippen LogP contribution in [-0.2, 0) is 19.7 Å². The van der Waals surface area contributed by atoms with Gasteiger partial charge >= 0.3 is 11.9 Å². The first-order chi connectivity index (χ1) is 11.5. The average molecular weight is 385 g/mol. The summed E-state index contributed by atoms with van der Waals surface area (Å²) >= 11 is 0. The minimum atomic E-state index is -3.84. The zero-order valence-corrected chi connectivity index (χ0v) is 14.8. The number of aliphatic carboxylic acids is 2. The fourth-order valence-electron chi connectivity index (χ4n) is 2.02. The fourth-order valence-corrected chi connectivity index (χ4v) is 2.51. The molecule has 0 radical (unpaired) electrons. The Morgan fingerprint density at radius 3 is 1.88 bits per heavy atom. The van der Waals surface area contributed by atoms with Crippen molar-refractivity contribution in [2.75, 3.05) is 51.6 Å². The molecule has 1 aliphatic rings. The summed E-state index contributed by atoms with van der Waals surface area (Å²) < 4.78 is 29.6. The molecule has 6 N–H and O–H groups in total. The van der Waals surface area contributed by atoms with E-state index in [4.69, 9.17) is 25.6 Å². The summed E-state index contributed by atoms with van der Waals surface area (Å²) in [7, 11) is -3.84. The number of nitrogens with two attached hydrogens (primary N) is 1. The first-order valence-corrected chi connectivity index (χ1v) is 9.37. The van der Waals surface area contributed by atoms with Crippen LogP contribution in [0.5, 0.6) is 0 Å². The van der Waals surface area contributed by atoms with Gasteiger partial charge in [-0.15, -0.1) is 0 Å². The maximum absolute atomic E-state index is 10.5. The number of nitrogens with zero attached hydrogens (tertiary/aromatic N) is 2. The minimum Gasteiger partial charge on any atom is -0.481 e. The molecule has 0 saturated carbocycles. The quantitative estimate of drug-likeness (QED) is 0.270. The summed E-state index contributed by atoms with van der Waals surface area (Å²) in [6.45, 7) is 4.46. The molecule has 12 heteroatoms. The second-order valence-electron chi connectivity index (χ2n) is 5.57. The smallest absolute Gasteiger partial charge is 0.320 e. The largest absolute Gasteiger partial charge is 0.481 e. The van der Waals surface area contributed by atoms with Gasteiger partial charge in [-0.3, -0.25) is 23.9 Å². The molecule has 0 aromatic rings. The molecule has 0 bridgehead atoms. The van der Waals surface area contributed by atoms with Crippen LogP contribution in [0.4, 0.5) is 0 Å². The van der Waals surface area contributed by atoms with E-state index in [1.807, 2.05) is 4.90 Å². The lowest BCUT2D eigenvalue weighted by atomic mass is 10.2. The fraction of sp³-hybridized carbons (Fsp3) is 0.846. The summed E-state index contributed by atoms with van der Waals surface area (Å²) in [6.07, 6.45) is -0.224. The van der Waals surface area contributed by atoms with Gasteiger partial charge in [0.2, 0.25) is 0 Å². The van der Waals surface area contributed by atoms with Gasteiger partial charge in [-0.25, -0.2) is 0 Å². The van der Waals surface area contributed by atoms with E-state index in [-0.39, 0.29) is 25.2 Å². The Kier molecular flexibility index (Phi) is 11.5. The van der Waals surface area contributed by atoms with Crippen molar-refractivity contribution in [3.63, 3.8) is 0 Å². The summed E-state index contributed by atoms with van der Waals surface area (Å²) in [5.41, 5.74) is 5.00. The highest BCUT2D eigenvalue weighted by molar-refractivity contribution is 7.85. The molecule has 11 nitrogen and oxygen atoms in total. The number of aliphatic hydroxyl groups is 1. The number of rotatable bonds is 9. The molecule has 1 rings (SSSR count). The van der Waals surface area contributed by atoms with Gasteiger partial charge in [0.15, 0.2) is 0 Å². The number of hydrogen-bond donors (Lipinski definition) is 5. The average Bonchev–Trinajstić information content (AvgIpc) is 2.52. The molecule has 1 atom stereocenters. The Balaban J connectivity index is 0.000000504. The number of carboxylic acid groups (broad SMARTS) is 2. The SMILES string of the molecule is NC(CCC(=O)O)C(=O)O.O=S(=O)(O)CCN1CCN(CCO)CC1. The second-order valence-corrected chi connectivity index (χ2v) is 7.14. The molecule has 0 amide bonds. The van der Waals surface area contributed by atoms with Crippen LogP contribution in [0, 0.1) is 0 Å². The first-order valence-electron chi connectivity index (χ1n) is 7.76. The van der Waals surface area contributed by atoms with E-state index in [1.165, 1.54) is 0 Å². The highest BCUT2D eigenvalue weighted by atomic mass is 32.2. The van der Waals surface area contributed by atoms with Crippen molar-refractivity contribution < 1.29 is 37.9 Å². The van der Waals surface area contributed by atoms with E-state index in [1.54, 1.807) is 0 Å². The van der Waals surface area contributed by atoms with Crippen LogP contribution in [0.15, 0.2) is 0 Å². The number of hydrogen-bond acceptors (Lipinski definition) is 8. The van der Waals surface area contributed by atoms with Crippen molar-refractivity contribution in [3.8, 4) is 0 Å². The summed E-state index contributed by atoms with van der Waals surface area (Å²) in [6, 6.07) is -1.06. The van der Waals surface area contributed by atoms with Crippen LogP contribution >= 0.6 is 0 Å². The molecular formula is C13H27N3O8S. The van der Waals surface area contributed by atoms with Gasteiger partial charge in [0.25, 0.3) is 10.1 Å². The summed E-state index contributed by atoms with van der Waals surface area (Å²) in [5.74, 6) is -2.40. The highest BCUT2D eigenvalue weighted by Crippen LogP contribution is 2.01. The molecule has 1 unspecified atom stereocenters. The molecule has 1 saturated heterocycles. The van der Waals surface area contributed by atoms with Crippen molar-refractivity contribution in [2.24, 2.45) is 5.73 Å². The Labute approximate surface area is 146 Å². The maximum atomic E-state index is 10.5. The van der Waals surface area contributed by atoms with E-state index >= 15 is 0 Å². The summed E-state index contributed by atoms with van der Waals surface area (Å²) in [4.78, 5) is 24.0. The molecule has 1 fully saturated rings. The lowest BCUT2D eigenvalue weighted by Gasteiger charge is -2.33. The lowest BCUT2D eigenvalue weighted by molar-refractivity contribution is -0.139. The Hall–Kier alpha value is -1.31. The Morgan fingerprint density at radius 1 is 1.04 bits per heavy atom. The monoisotopic (exact) mass is 385 g/mol. The van der Waals surface area contributed by atoms with Crippen molar-refractivity contribution in [1.82, 2.24) is 9.80 Å². The molecule has 0 aliphatic carbocycles. The third kappa shape index (κ3) is 13.6. The minimum absolute atomic E-state index is 0.0231. The van der Waals surface area contributed by atoms with E-state index in [0.29, 0.717) is 13.1 Å². The molecule has 1 heterocycles. The maximum Gasteiger partial charge on any atom is 0.320 e. The molecule has 0 spiro atoms. The van der Waals surface area contributed by atoms with Gasteiger partial charge in [0.1, 0.15) is 6.04 Å². The van der Waals surface area contributed by atoms with Crippen LogP contribution in [0.2, 0.25) is 0 Å². The van der Waals surface area contributed by atoms with E-state index < -0.39 is 28.1 Å². The van der Waals surface area contributed by atoms with Gasteiger partial charge in [-0.05, 0) is 6.42 Å². The van der Waals surface area contributed by atoms with Crippen molar-refractivity contribution in [2.45, 2.75) is 18.9 Å². The van der Waals surface area contributed by atoms with Gasteiger partial charge in [-0.1, -0.05) is 0 Å². The van der Waals surface area contributed by atoms with Gasteiger partial charge in [0.05, 0.1) is 12.4 Å². The molecular weight excluding hydrogens is 358 g/mol. The van der Waals surface area contributed by atoms with E-state index in [2.05, 4.69) is 4.90 Å². The molecule has 0 aromatic heterocycles. The number of carboxylic acids is 2. The van der Waals surface area contributed by atoms with Gasteiger partial charge in [-0.2, -0.15) is 8.42 Å². The van der Waals surface area contributed by atoms with Crippen LogP contribution in [0.1, 0.15) is 12.8 Å². The van der Waals surface area contributed by atoms with Crippen molar-refractivity contribution >= 4 is 22.1 Å². The lowest BCUT2D eigenvalue weighted by Crippen LogP contribution is -2.48. The number of β-amino-alcohol motifs (C(OH)–C–C–N with tert-alkyl or cyclic N) is 1. The number of carbonyl (C=O) groups is 2. The van der Waals surface area contributed by atoms with Gasteiger partial charge < -0.3 is 21.1 Å². The van der Waals surface area contributed by atoms with E-state index in [9.17, 15) is 18.0 Å². The zero-order valence-electron chi connectivity index (χ0n) is 14.0. The Morgan fingerprint density at radius 2 is 1.52 bits per heavy atom. The normalized spacial score (nSPS) is 17.4. The van der Waals surface area contributed by atoms with Crippen LogP contribution in [0.25, 0.3) is 0 Å². The van der Waals surface area contributed by atoms with Crippen molar-refractivity contribution in [3.05, 3.63) is 0 Å². The summed E-state index contributed by atoms with van der Waals surface area (Å²) in [5, 5.41) is 25.0. The van der Waals surface area contributed by atoms with E-state index in [0.717, 1.165) is 26.2 Å². The standard InChI is InChI=1S/C8H18N2O4S.C5H9NO4/c11-7-5-9-1-3-10(4-2-9)6-8-15(12,13)14;6-3(5(9)10)1-2-4(7)8/h11H,1-8H2,(H,12,13,14);3H,1-2,6H2,(H,7,8)(H,9,10). The van der Waals surface area contributed by atoms with Crippen LogP contribution in [0.3, 0.4) is 0 Å². The van der Waals surface area contributed by atoms with Crippen LogP contribution < -0.4 is 5.73 Å². The van der Waals surface area contributed by atoms with Crippen molar-refractivity contribution in [1.29, 1.82) is 0 Å².